The smallest absolute Gasteiger partial charge is 0.227 e. The molecule has 0 radical (unpaired) electrons. The van der Waals surface area contributed by atoms with E-state index >= 15 is 0 Å². The van der Waals surface area contributed by atoms with E-state index < -0.39 is 5.41 Å². The van der Waals surface area contributed by atoms with Crippen LogP contribution in [0.15, 0.2) is 42.5 Å². The molecule has 0 unspecified atom stereocenters. The number of nitrogens with zero attached hydrogens (tertiary/aromatic N) is 1. The molecule has 2 N–H and O–H groups in total. The maximum absolute atomic E-state index is 12.8. The Hall–Kier alpha value is -2.36. The fraction of sp³-hybridized carbons (Fsp3) is 0.400. The van der Waals surface area contributed by atoms with Crippen molar-refractivity contribution in [3.05, 3.63) is 48.0 Å². The van der Waals surface area contributed by atoms with E-state index in [4.69, 9.17) is 5.73 Å². The van der Waals surface area contributed by atoms with E-state index in [1.165, 1.54) is 0 Å². The highest BCUT2D eigenvalue weighted by Gasteiger charge is 2.54. The molecule has 1 saturated heterocycles. The van der Waals surface area contributed by atoms with Crippen molar-refractivity contribution in [3.63, 3.8) is 0 Å². The van der Waals surface area contributed by atoms with Gasteiger partial charge in [-0.1, -0.05) is 48.9 Å². The Morgan fingerprint density at radius 2 is 1.96 bits per heavy atom. The van der Waals surface area contributed by atoms with Crippen molar-refractivity contribution in [2.24, 2.45) is 17.1 Å². The Bertz CT molecular complexity index is 811. The summed E-state index contributed by atoms with van der Waals surface area (Å²) in [5.74, 6) is 0.110. The maximum Gasteiger partial charge on any atom is 0.227 e. The van der Waals surface area contributed by atoms with Gasteiger partial charge in [0.25, 0.3) is 0 Å². The van der Waals surface area contributed by atoms with Crippen molar-refractivity contribution in [1.82, 2.24) is 4.90 Å². The third-order valence-corrected chi connectivity index (χ3v) is 5.94. The lowest BCUT2D eigenvalue weighted by atomic mass is 9.80. The van der Waals surface area contributed by atoms with Gasteiger partial charge in [0.05, 0.1) is 11.8 Å². The van der Waals surface area contributed by atoms with Gasteiger partial charge in [-0.3, -0.25) is 9.59 Å². The number of primary amides is 1. The van der Waals surface area contributed by atoms with Gasteiger partial charge in [-0.25, -0.2) is 0 Å². The fourth-order valence-corrected chi connectivity index (χ4v) is 4.60. The van der Waals surface area contributed by atoms with Gasteiger partial charge in [0, 0.05) is 13.1 Å². The van der Waals surface area contributed by atoms with Gasteiger partial charge in [0.15, 0.2) is 0 Å². The zero-order chi connectivity index (χ0) is 16.7. The highest BCUT2D eigenvalue weighted by atomic mass is 16.2. The van der Waals surface area contributed by atoms with Crippen molar-refractivity contribution >= 4 is 22.6 Å². The maximum atomic E-state index is 12.8. The van der Waals surface area contributed by atoms with E-state index in [0.717, 1.165) is 35.6 Å². The summed E-state index contributed by atoms with van der Waals surface area (Å²) in [6, 6.07) is 14.2. The van der Waals surface area contributed by atoms with Gasteiger partial charge in [0.1, 0.15) is 0 Å². The summed E-state index contributed by atoms with van der Waals surface area (Å²) >= 11 is 0. The minimum Gasteiger partial charge on any atom is -0.369 e. The zero-order valence-corrected chi connectivity index (χ0v) is 13.7. The van der Waals surface area contributed by atoms with E-state index in [9.17, 15) is 9.59 Å². The molecule has 2 aromatic carbocycles. The molecule has 0 aromatic heterocycles. The summed E-state index contributed by atoms with van der Waals surface area (Å²) in [5.41, 5.74) is 6.25. The predicted octanol–water partition coefficient (Wildman–Crippen LogP) is 2.50. The van der Waals surface area contributed by atoms with Gasteiger partial charge in [0.2, 0.25) is 11.8 Å². The van der Waals surface area contributed by atoms with Crippen molar-refractivity contribution < 1.29 is 9.59 Å². The topological polar surface area (TPSA) is 63.4 Å². The molecule has 4 nitrogen and oxygen atoms in total. The standard InChI is InChI=1S/C20H22N2O2/c21-19(24)20-10-4-8-16(20)12-22(13-20)18(23)11-15-7-3-6-14-5-1-2-9-17(14)15/h1-3,5-7,9,16H,4,8,10-13H2,(H2,21,24)/t16-,20-/m0/s1. The molecule has 1 aliphatic carbocycles. The Morgan fingerprint density at radius 1 is 1.17 bits per heavy atom. The second kappa shape index (κ2) is 5.62. The quantitative estimate of drug-likeness (QED) is 0.943. The van der Waals surface area contributed by atoms with Crippen LogP contribution < -0.4 is 5.73 Å². The molecule has 1 saturated carbocycles. The van der Waals surface area contributed by atoms with Crippen LogP contribution in [0.25, 0.3) is 10.8 Å². The number of benzene rings is 2. The van der Waals surface area contributed by atoms with E-state index in [1.54, 1.807) is 0 Å². The molecule has 0 spiro atoms. The normalized spacial score (nSPS) is 25.8. The summed E-state index contributed by atoms with van der Waals surface area (Å²) < 4.78 is 0. The number of carbonyl (C=O) groups excluding carboxylic acids is 2. The first-order chi connectivity index (χ1) is 11.6. The number of hydrogen-bond donors (Lipinski definition) is 1. The Balaban J connectivity index is 1.56. The molecular formula is C20H22N2O2. The second-order valence-corrected chi connectivity index (χ2v) is 7.20. The van der Waals surface area contributed by atoms with Crippen LogP contribution in [0.2, 0.25) is 0 Å². The van der Waals surface area contributed by atoms with Crippen LogP contribution in [-0.2, 0) is 16.0 Å². The number of fused-ring (bicyclic) bond motifs is 2. The lowest BCUT2D eigenvalue weighted by molar-refractivity contribution is -0.131. The molecule has 24 heavy (non-hydrogen) atoms. The zero-order valence-electron chi connectivity index (χ0n) is 13.7. The molecule has 1 heterocycles. The largest absolute Gasteiger partial charge is 0.369 e. The minimum absolute atomic E-state index is 0.0985. The van der Waals surface area contributed by atoms with Crippen LogP contribution in [0.5, 0.6) is 0 Å². The molecule has 0 bridgehead atoms. The summed E-state index contributed by atoms with van der Waals surface area (Å²) in [5, 5.41) is 2.27. The number of carbonyl (C=O) groups is 2. The predicted molar refractivity (Wildman–Crippen MR) is 93.2 cm³/mol. The number of hydrogen-bond acceptors (Lipinski definition) is 2. The van der Waals surface area contributed by atoms with E-state index in [1.807, 2.05) is 29.2 Å². The lowest BCUT2D eigenvalue weighted by Gasteiger charge is -2.24. The third kappa shape index (κ3) is 2.29. The van der Waals surface area contributed by atoms with E-state index in [2.05, 4.69) is 18.2 Å². The number of nitrogens with two attached hydrogens (primary N) is 1. The van der Waals surface area contributed by atoms with Crippen LogP contribution in [0.3, 0.4) is 0 Å². The van der Waals surface area contributed by atoms with Gasteiger partial charge >= 0.3 is 0 Å². The lowest BCUT2D eigenvalue weighted by Crippen LogP contribution is -2.41. The third-order valence-electron chi connectivity index (χ3n) is 5.94. The summed E-state index contributed by atoms with van der Waals surface area (Å²) in [6.45, 7) is 1.17. The Labute approximate surface area is 141 Å². The van der Waals surface area contributed by atoms with Crippen molar-refractivity contribution in [3.8, 4) is 0 Å². The number of likely N-dealkylation sites (tertiary alicyclic amines) is 1. The highest BCUT2D eigenvalue weighted by Crippen LogP contribution is 2.48. The number of amides is 2. The highest BCUT2D eigenvalue weighted by molar-refractivity contribution is 5.91. The molecule has 2 fully saturated rings. The SMILES string of the molecule is NC(=O)[C@]12CCC[C@H]1CN(C(=O)Cc1cccc3ccccc13)C2. The van der Waals surface area contributed by atoms with Crippen LogP contribution >= 0.6 is 0 Å². The molecule has 2 atom stereocenters. The molecule has 4 rings (SSSR count). The second-order valence-electron chi connectivity index (χ2n) is 7.20. The van der Waals surface area contributed by atoms with Crippen molar-refractivity contribution in [2.75, 3.05) is 13.1 Å². The summed E-state index contributed by atoms with van der Waals surface area (Å²) in [6.07, 6.45) is 3.24. The van der Waals surface area contributed by atoms with Gasteiger partial charge in [-0.2, -0.15) is 0 Å². The van der Waals surface area contributed by atoms with Crippen LogP contribution in [0.1, 0.15) is 24.8 Å². The minimum atomic E-state index is -0.478. The van der Waals surface area contributed by atoms with Crippen molar-refractivity contribution in [2.45, 2.75) is 25.7 Å². The number of rotatable bonds is 3. The Morgan fingerprint density at radius 3 is 2.75 bits per heavy atom. The van der Waals surface area contributed by atoms with Gasteiger partial charge < -0.3 is 10.6 Å². The molecule has 1 aliphatic heterocycles. The Kier molecular flexibility index (Phi) is 3.56. The summed E-state index contributed by atoms with van der Waals surface area (Å²) in [4.78, 5) is 26.7. The first kappa shape index (κ1) is 15.2. The van der Waals surface area contributed by atoms with E-state index in [0.29, 0.717) is 19.5 Å². The molecule has 2 amide bonds. The van der Waals surface area contributed by atoms with Gasteiger partial charge in [-0.05, 0) is 35.1 Å². The van der Waals surface area contributed by atoms with E-state index in [-0.39, 0.29) is 17.7 Å². The van der Waals surface area contributed by atoms with Gasteiger partial charge in [-0.15, -0.1) is 0 Å². The van der Waals surface area contributed by atoms with Crippen LogP contribution in [-0.4, -0.2) is 29.8 Å². The average Bonchev–Trinajstić information content (AvgIpc) is 3.13. The van der Waals surface area contributed by atoms with Crippen molar-refractivity contribution in [1.29, 1.82) is 0 Å². The first-order valence-electron chi connectivity index (χ1n) is 8.64. The van der Waals surface area contributed by atoms with Crippen LogP contribution in [0, 0.1) is 11.3 Å². The molecule has 124 valence electrons. The molecule has 2 aliphatic rings. The molecular weight excluding hydrogens is 300 g/mol. The first-order valence-corrected chi connectivity index (χ1v) is 8.64. The average molecular weight is 322 g/mol. The summed E-state index contributed by atoms with van der Waals surface area (Å²) in [7, 11) is 0. The monoisotopic (exact) mass is 322 g/mol. The molecule has 2 aromatic rings. The van der Waals surface area contributed by atoms with Crippen LogP contribution in [0.4, 0.5) is 0 Å². The fourth-order valence-electron chi connectivity index (χ4n) is 4.60. The molecule has 4 heteroatoms.